The van der Waals surface area contributed by atoms with Gasteiger partial charge in [-0.05, 0) is 18.8 Å². The molecule has 80 valence electrons. The van der Waals surface area contributed by atoms with Crippen LogP contribution in [0.15, 0.2) is 0 Å². The highest BCUT2D eigenvalue weighted by molar-refractivity contribution is 5.82. The van der Waals surface area contributed by atoms with Crippen LogP contribution >= 0.6 is 0 Å². The van der Waals surface area contributed by atoms with Crippen molar-refractivity contribution in [1.29, 1.82) is 0 Å². The number of carboxylic acids is 1. The van der Waals surface area contributed by atoms with E-state index in [0.717, 1.165) is 6.42 Å². The molecule has 1 aliphatic rings. The van der Waals surface area contributed by atoms with Crippen LogP contribution in [0.1, 0.15) is 26.7 Å². The molecule has 0 aromatic rings. The van der Waals surface area contributed by atoms with Gasteiger partial charge in [-0.1, -0.05) is 13.8 Å². The quantitative estimate of drug-likeness (QED) is 0.620. The van der Waals surface area contributed by atoms with E-state index >= 15 is 0 Å². The molecule has 0 aromatic carbocycles. The summed E-state index contributed by atoms with van der Waals surface area (Å²) in [4.78, 5) is 21.8. The van der Waals surface area contributed by atoms with E-state index in [4.69, 9.17) is 5.11 Å². The molecule has 1 saturated carbocycles. The van der Waals surface area contributed by atoms with Gasteiger partial charge in [0.2, 0.25) is 0 Å². The number of hydrogen-bond donors (Lipinski definition) is 3. The highest BCUT2D eigenvalue weighted by Crippen LogP contribution is 2.28. The molecule has 0 aromatic heterocycles. The zero-order chi connectivity index (χ0) is 10.7. The zero-order valence-corrected chi connectivity index (χ0v) is 8.41. The van der Waals surface area contributed by atoms with Gasteiger partial charge in [-0.15, -0.1) is 0 Å². The largest absolute Gasteiger partial charge is 0.480 e. The van der Waals surface area contributed by atoms with E-state index in [1.807, 2.05) is 6.92 Å². The fourth-order valence-corrected chi connectivity index (χ4v) is 1.23. The van der Waals surface area contributed by atoms with Gasteiger partial charge >= 0.3 is 12.0 Å². The molecule has 0 heterocycles. The second kappa shape index (κ2) is 4.30. The number of rotatable bonds is 4. The Bertz CT molecular complexity index is 242. The Morgan fingerprint density at radius 3 is 2.50 bits per heavy atom. The van der Waals surface area contributed by atoms with Crippen molar-refractivity contribution in [3.05, 3.63) is 0 Å². The Morgan fingerprint density at radius 1 is 1.57 bits per heavy atom. The van der Waals surface area contributed by atoms with Crippen molar-refractivity contribution in [2.45, 2.75) is 38.8 Å². The molecule has 0 spiro atoms. The Balaban J connectivity index is 2.27. The maximum absolute atomic E-state index is 11.2. The smallest absolute Gasteiger partial charge is 0.326 e. The topological polar surface area (TPSA) is 78.4 Å². The third kappa shape index (κ3) is 2.90. The number of hydrogen-bond acceptors (Lipinski definition) is 2. The van der Waals surface area contributed by atoms with Crippen molar-refractivity contribution in [2.24, 2.45) is 5.92 Å². The first-order valence-electron chi connectivity index (χ1n) is 4.84. The number of aliphatic carboxylic acids is 1. The Kier molecular flexibility index (Phi) is 3.33. The van der Waals surface area contributed by atoms with Gasteiger partial charge in [0, 0.05) is 6.04 Å². The normalized spacial score (nSPS) is 26.4. The van der Waals surface area contributed by atoms with Crippen LogP contribution in [0.2, 0.25) is 0 Å². The van der Waals surface area contributed by atoms with Crippen LogP contribution in [-0.4, -0.2) is 29.2 Å². The average Bonchev–Trinajstić information content (AvgIpc) is 2.77. The number of carbonyl (C=O) groups is 2. The van der Waals surface area contributed by atoms with Gasteiger partial charge in [0.15, 0.2) is 0 Å². The Labute approximate surface area is 82.9 Å². The van der Waals surface area contributed by atoms with Crippen molar-refractivity contribution in [3.63, 3.8) is 0 Å². The van der Waals surface area contributed by atoms with Gasteiger partial charge in [-0.3, -0.25) is 0 Å². The maximum atomic E-state index is 11.2. The second-order valence-corrected chi connectivity index (χ2v) is 3.74. The van der Waals surface area contributed by atoms with E-state index in [2.05, 4.69) is 10.6 Å². The summed E-state index contributed by atoms with van der Waals surface area (Å²) in [6.07, 6.45) is 1.38. The molecular weight excluding hydrogens is 184 g/mol. The minimum atomic E-state index is -0.994. The summed E-state index contributed by atoms with van der Waals surface area (Å²) in [5.41, 5.74) is 0. The van der Waals surface area contributed by atoms with Crippen molar-refractivity contribution in [1.82, 2.24) is 10.6 Å². The van der Waals surface area contributed by atoms with E-state index in [0.29, 0.717) is 12.3 Å². The number of carboxylic acid groups (broad SMARTS) is 1. The summed E-state index contributed by atoms with van der Waals surface area (Å²) in [5.74, 6) is -0.475. The Hall–Kier alpha value is -1.26. The van der Waals surface area contributed by atoms with Crippen LogP contribution in [0.25, 0.3) is 0 Å². The summed E-state index contributed by atoms with van der Waals surface area (Å²) in [6, 6.07) is -0.945. The van der Waals surface area contributed by atoms with Crippen molar-refractivity contribution in [2.75, 3.05) is 0 Å². The van der Waals surface area contributed by atoms with Crippen LogP contribution in [0.3, 0.4) is 0 Å². The molecule has 1 aliphatic carbocycles. The molecule has 0 radical (unpaired) electrons. The van der Waals surface area contributed by atoms with Gasteiger partial charge in [-0.25, -0.2) is 9.59 Å². The van der Waals surface area contributed by atoms with Gasteiger partial charge in [0.05, 0.1) is 0 Å². The first-order chi connectivity index (χ1) is 6.54. The Morgan fingerprint density at radius 2 is 2.14 bits per heavy atom. The first kappa shape index (κ1) is 10.8. The number of amides is 2. The molecule has 5 nitrogen and oxygen atoms in total. The summed E-state index contributed by atoms with van der Waals surface area (Å²) in [5, 5.41) is 13.8. The first-order valence-corrected chi connectivity index (χ1v) is 4.84. The third-order valence-corrected chi connectivity index (χ3v) is 2.44. The van der Waals surface area contributed by atoms with Crippen LogP contribution < -0.4 is 10.6 Å². The predicted molar refractivity (Wildman–Crippen MR) is 51.0 cm³/mol. The molecule has 1 rings (SSSR count). The van der Waals surface area contributed by atoms with Crippen LogP contribution in [-0.2, 0) is 4.79 Å². The summed E-state index contributed by atoms with van der Waals surface area (Å²) in [6.45, 7) is 3.76. The summed E-state index contributed by atoms with van der Waals surface area (Å²) >= 11 is 0. The fraction of sp³-hybridized carbons (Fsp3) is 0.778. The van der Waals surface area contributed by atoms with Gasteiger partial charge in [0.1, 0.15) is 6.04 Å². The lowest BCUT2D eigenvalue weighted by Crippen LogP contribution is -2.46. The van der Waals surface area contributed by atoms with E-state index in [-0.39, 0.29) is 12.1 Å². The van der Waals surface area contributed by atoms with Gasteiger partial charge in [-0.2, -0.15) is 0 Å². The molecule has 1 fully saturated rings. The summed E-state index contributed by atoms with van der Waals surface area (Å²) < 4.78 is 0. The third-order valence-electron chi connectivity index (χ3n) is 2.44. The molecular formula is C9H16N2O3. The van der Waals surface area contributed by atoms with E-state index in [1.165, 1.54) is 0 Å². The summed E-state index contributed by atoms with van der Waals surface area (Å²) in [7, 11) is 0. The molecule has 2 unspecified atom stereocenters. The molecule has 3 atom stereocenters. The number of urea groups is 1. The molecule has 0 saturated heterocycles. The molecule has 5 heteroatoms. The van der Waals surface area contributed by atoms with Gasteiger partial charge in [0.25, 0.3) is 0 Å². The lowest BCUT2D eigenvalue weighted by Gasteiger charge is -2.12. The van der Waals surface area contributed by atoms with Crippen LogP contribution in [0.5, 0.6) is 0 Å². The number of nitrogens with one attached hydrogen (secondary N) is 2. The van der Waals surface area contributed by atoms with Crippen LogP contribution in [0, 0.1) is 5.92 Å². The minimum absolute atomic E-state index is 0.223. The molecule has 3 N–H and O–H groups in total. The predicted octanol–water partition coefficient (Wildman–Crippen LogP) is 0.557. The maximum Gasteiger partial charge on any atom is 0.326 e. The van der Waals surface area contributed by atoms with Crippen molar-refractivity contribution in [3.8, 4) is 0 Å². The van der Waals surface area contributed by atoms with Crippen LogP contribution in [0.4, 0.5) is 4.79 Å². The van der Waals surface area contributed by atoms with E-state index < -0.39 is 12.0 Å². The SMILES string of the molecule is CC[C@H](NC(=O)NC1CC1C)C(=O)O. The lowest BCUT2D eigenvalue weighted by atomic mass is 10.2. The van der Waals surface area contributed by atoms with E-state index in [1.54, 1.807) is 6.92 Å². The standard InChI is InChI=1S/C9H16N2O3/c1-3-6(8(12)13)10-9(14)11-7-4-5(7)2/h5-7H,3-4H2,1-2H3,(H,12,13)(H2,10,11,14)/t5?,6-,7?/m0/s1. The monoisotopic (exact) mass is 200 g/mol. The molecule has 14 heavy (non-hydrogen) atoms. The average molecular weight is 200 g/mol. The fourth-order valence-electron chi connectivity index (χ4n) is 1.23. The van der Waals surface area contributed by atoms with Crippen molar-refractivity contribution < 1.29 is 14.7 Å². The van der Waals surface area contributed by atoms with Crippen molar-refractivity contribution >= 4 is 12.0 Å². The second-order valence-electron chi connectivity index (χ2n) is 3.74. The van der Waals surface area contributed by atoms with Gasteiger partial charge < -0.3 is 15.7 Å². The van der Waals surface area contributed by atoms with E-state index in [9.17, 15) is 9.59 Å². The minimum Gasteiger partial charge on any atom is -0.480 e. The molecule has 2 amide bonds. The molecule has 0 aliphatic heterocycles. The highest BCUT2D eigenvalue weighted by Gasteiger charge is 2.34. The molecule has 0 bridgehead atoms. The zero-order valence-electron chi connectivity index (χ0n) is 8.41. The number of carbonyl (C=O) groups excluding carboxylic acids is 1. The highest BCUT2D eigenvalue weighted by atomic mass is 16.4. The lowest BCUT2D eigenvalue weighted by molar-refractivity contribution is -0.139.